The average molecular weight is 342 g/mol. The van der Waals surface area contributed by atoms with Crippen LogP contribution in [0.2, 0.25) is 0 Å². The topological polar surface area (TPSA) is 87.7 Å². The summed E-state index contributed by atoms with van der Waals surface area (Å²) in [4.78, 5) is 24.1. The van der Waals surface area contributed by atoms with Crippen molar-refractivity contribution in [3.05, 3.63) is 59.7 Å². The number of anilines is 1. The Morgan fingerprint density at radius 3 is 2.64 bits per heavy atom. The Hall–Kier alpha value is -2.86. The highest BCUT2D eigenvalue weighted by Crippen LogP contribution is 2.16. The number of aliphatic hydroxyl groups is 1. The summed E-state index contributed by atoms with van der Waals surface area (Å²) >= 11 is 0. The molecule has 0 aliphatic rings. The minimum Gasteiger partial charge on any atom is -0.481 e. The molecule has 0 aliphatic carbocycles. The average Bonchev–Trinajstić information content (AvgIpc) is 2.59. The van der Waals surface area contributed by atoms with Crippen LogP contribution in [0.15, 0.2) is 48.5 Å². The third-order valence-electron chi connectivity index (χ3n) is 3.46. The van der Waals surface area contributed by atoms with Gasteiger partial charge in [0.1, 0.15) is 5.75 Å². The van der Waals surface area contributed by atoms with E-state index in [2.05, 4.69) is 10.6 Å². The van der Waals surface area contributed by atoms with Crippen LogP contribution in [-0.2, 0) is 4.79 Å². The fraction of sp³-hybridized carbons (Fsp3) is 0.263. The zero-order chi connectivity index (χ0) is 18.2. The molecule has 1 atom stereocenters. The first kappa shape index (κ1) is 18.5. The van der Waals surface area contributed by atoms with Gasteiger partial charge in [0.05, 0.1) is 6.61 Å². The maximum Gasteiger partial charge on any atom is 0.265 e. The molecule has 0 spiro atoms. The highest BCUT2D eigenvalue weighted by Gasteiger charge is 2.16. The number of carbonyl (C=O) groups is 2. The number of aryl methyl sites for hydroxylation is 1. The summed E-state index contributed by atoms with van der Waals surface area (Å²) in [6, 6.07) is 14.0. The molecule has 132 valence electrons. The molecule has 6 nitrogen and oxygen atoms in total. The summed E-state index contributed by atoms with van der Waals surface area (Å²) in [5.74, 6) is -0.166. The first-order valence-corrected chi connectivity index (χ1v) is 8.03. The molecule has 0 unspecified atom stereocenters. The van der Waals surface area contributed by atoms with Gasteiger partial charge in [-0.3, -0.25) is 9.59 Å². The highest BCUT2D eigenvalue weighted by atomic mass is 16.5. The maximum absolute atomic E-state index is 12.2. The summed E-state index contributed by atoms with van der Waals surface area (Å²) in [5.41, 5.74) is 2.16. The van der Waals surface area contributed by atoms with E-state index in [0.29, 0.717) is 17.0 Å². The summed E-state index contributed by atoms with van der Waals surface area (Å²) in [6.45, 7) is 3.64. The zero-order valence-electron chi connectivity index (χ0n) is 14.3. The van der Waals surface area contributed by atoms with Crippen molar-refractivity contribution in [2.24, 2.45) is 0 Å². The van der Waals surface area contributed by atoms with E-state index >= 15 is 0 Å². The lowest BCUT2D eigenvalue weighted by atomic mass is 10.2. The van der Waals surface area contributed by atoms with Gasteiger partial charge in [-0.15, -0.1) is 0 Å². The Kier molecular flexibility index (Phi) is 6.54. The van der Waals surface area contributed by atoms with Gasteiger partial charge >= 0.3 is 0 Å². The van der Waals surface area contributed by atoms with Crippen molar-refractivity contribution in [2.45, 2.75) is 20.0 Å². The summed E-state index contributed by atoms with van der Waals surface area (Å²) in [6.07, 6.45) is -0.726. The minimum absolute atomic E-state index is 0.127. The van der Waals surface area contributed by atoms with Crippen molar-refractivity contribution in [3.8, 4) is 5.75 Å². The van der Waals surface area contributed by atoms with Crippen LogP contribution in [0.5, 0.6) is 5.75 Å². The molecule has 2 aromatic rings. The van der Waals surface area contributed by atoms with Crippen molar-refractivity contribution in [3.63, 3.8) is 0 Å². The predicted octanol–water partition coefficient (Wildman–Crippen LogP) is 2.12. The Morgan fingerprint density at radius 1 is 1.16 bits per heavy atom. The standard InChI is InChI=1S/C19H22N2O4/c1-13-5-3-7-16(11-13)21-18(23)14(2)25-17-8-4-6-15(12-17)19(24)20-9-10-22/h3-8,11-12,14,22H,9-10H2,1-2H3,(H,20,24)(H,21,23)/t14-/m1/s1. The summed E-state index contributed by atoms with van der Waals surface area (Å²) < 4.78 is 5.63. The number of ether oxygens (including phenoxy) is 1. The van der Waals surface area contributed by atoms with Crippen LogP contribution in [0.25, 0.3) is 0 Å². The summed E-state index contributed by atoms with van der Waals surface area (Å²) in [7, 11) is 0. The van der Waals surface area contributed by atoms with Crippen molar-refractivity contribution in [1.29, 1.82) is 0 Å². The first-order chi connectivity index (χ1) is 12.0. The quantitative estimate of drug-likeness (QED) is 0.719. The van der Waals surface area contributed by atoms with Gasteiger partial charge in [0.2, 0.25) is 0 Å². The smallest absolute Gasteiger partial charge is 0.265 e. The number of benzene rings is 2. The number of nitrogens with one attached hydrogen (secondary N) is 2. The Balaban J connectivity index is 1.98. The monoisotopic (exact) mass is 342 g/mol. The van der Waals surface area contributed by atoms with E-state index in [0.717, 1.165) is 5.56 Å². The van der Waals surface area contributed by atoms with Crippen molar-refractivity contribution >= 4 is 17.5 Å². The van der Waals surface area contributed by atoms with E-state index in [4.69, 9.17) is 9.84 Å². The molecule has 0 bridgehead atoms. The molecule has 0 saturated heterocycles. The number of hydrogen-bond acceptors (Lipinski definition) is 4. The van der Waals surface area contributed by atoms with Crippen LogP contribution in [0, 0.1) is 6.92 Å². The maximum atomic E-state index is 12.2. The van der Waals surface area contributed by atoms with Gasteiger partial charge in [0.25, 0.3) is 11.8 Å². The Labute approximate surface area is 146 Å². The van der Waals surface area contributed by atoms with E-state index in [9.17, 15) is 9.59 Å². The number of carbonyl (C=O) groups excluding carboxylic acids is 2. The lowest BCUT2D eigenvalue weighted by molar-refractivity contribution is -0.122. The molecule has 0 aromatic heterocycles. The number of amides is 2. The molecular formula is C19H22N2O4. The van der Waals surface area contributed by atoms with Crippen LogP contribution < -0.4 is 15.4 Å². The lowest BCUT2D eigenvalue weighted by Gasteiger charge is -2.15. The largest absolute Gasteiger partial charge is 0.481 e. The second-order valence-corrected chi connectivity index (χ2v) is 5.63. The van der Waals surface area contributed by atoms with E-state index in [1.165, 1.54) is 0 Å². The number of aliphatic hydroxyl groups excluding tert-OH is 1. The van der Waals surface area contributed by atoms with E-state index < -0.39 is 6.10 Å². The first-order valence-electron chi connectivity index (χ1n) is 8.03. The molecule has 2 aromatic carbocycles. The van der Waals surface area contributed by atoms with Crippen LogP contribution in [0.4, 0.5) is 5.69 Å². The van der Waals surface area contributed by atoms with Gasteiger partial charge in [0.15, 0.2) is 6.10 Å². The van der Waals surface area contributed by atoms with Crippen molar-refractivity contribution < 1.29 is 19.4 Å². The van der Waals surface area contributed by atoms with E-state index in [-0.39, 0.29) is 25.0 Å². The Morgan fingerprint density at radius 2 is 1.92 bits per heavy atom. The number of hydrogen-bond donors (Lipinski definition) is 3. The molecule has 25 heavy (non-hydrogen) atoms. The van der Waals surface area contributed by atoms with Gasteiger partial charge in [-0.1, -0.05) is 18.2 Å². The summed E-state index contributed by atoms with van der Waals surface area (Å²) in [5, 5.41) is 14.1. The second-order valence-electron chi connectivity index (χ2n) is 5.63. The normalized spacial score (nSPS) is 11.5. The van der Waals surface area contributed by atoms with Crippen LogP contribution in [0.1, 0.15) is 22.8 Å². The molecule has 2 amide bonds. The third kappa shape index (κ3) is 5.61. The molecule has 3 N–H and O–H groups in total. The fourth-order valence-corrected chi connectivity index (χ4v) is 2.21. The molecule has 0 fully saturated rings. The fourth-order valence-electron chi connectivity index (χ4n) is 2.21. The van der Waals surface area contributed by atoms with Gasteiger partial charge in [-0.25, -0.2) is 0 Å². The van der Waals surface area contributed by atoms with Crippen LogP contribution in [0.3, 0.4) is 0 Å². The molecule has 0 saturated carbocycles. The third-order valence-corrected chi connectivity index (χ3v) is 3.46. The molecule has 2 rings (SSSR count). The molecular weight excluding hydrogens is 320 g/mol. The SMILES string of the molecule is Cc1cccc(NC(=O)[C@@H](C)Oc2cccc(C(=O)NCCO)c2)c1. The second kappa shape index (κ2) is 8.84. The van der Waals surface area contributed by atoms with E-state index in [1.807, 2.05) is 31.2 Å². The van der Waals surface area contributed by atoms with Crippen molar-refractivity contribution in [2.75, 3.05) is 18.5 Å². The molecule has 0 heterocycles. The van der Waals surface area contributed by atoms with Crippen molar-refractivity contribution in [1.82, 2.24) is 5.32 Å². The van der Waals surface area contributed by atoms with Gasteiger partial charge in [-0.2, -0.15) is 0 Å². The van der Waals surface area contributed by atoms with Gasteiger partial charge in [0, 0.05) is 17.8 Å². The van der Waals surface area contributed by atoms with E-state index in [1.54, 1.807) is 31.2 Å². The molecule has 6 heteroatoms. The predicted molar refractivity (Wildman–Crippen MR) is 95.8 cm³/mol. The van der Waals surface area contributed by atoms with Gasteiger partial charge in [-0.05, 0) is 49.7 Å². The molecule has 0 aliphatic heterocycles. The van der Waals surface area contributed by atoms with Crippen LogP contribution in [-0.4, -0.2) is 36.2 Å². The molecule has 0 radical (unpaired) electrons. The number of rotatable bonds is 7. The zero-order valence-corrected chi connectivity index (χ0v) is 14.3. The minimum atomic E-state index is -0.726. The van der Waals surface area contributed by atoms with Gasteiger partial charge < -0.3 is 20.5 Å². The Bertz CT molecular complexity index is 746. The lowest BCUT2D eigenvalue weighted by Crippen LogP contribution is -2.30. The highest BCUT2D eigenvalue weighted by molar-refractivity contribution is 5.95. The van der Waals surface area contributed by atoms with Crippen LogP contribution >= 0.6 is 0 Å².